The van der Waals surface area contributed by atoms with Crippen molar-refractivity contribution in [2.75, 3.05) is 31.6 Å². The molecule has 3 heterocycles. The van der Waals surface area contributed by atoms with Gasteiger partial charge in [-0.15, -0.1) is 0 Å². The molecule has 1 aromatic carbocycles. The third-order valence-corrected chi connectivity index (χ3v) is 6.66. The van der Waals surface area contributed by atoms with E-state index in [0.29, 0.717) is 16.9 Å². The molecule has 1 saturated heterocycles. The molecule has 1 fully saturated rings. The normalized spacial score (nSPS) is 14.4. The van der Waals surface area contributed by atoms with Crippen molar-refractivity contribution in [1.82, 2.24) is 20.2 Å². The molecule has 0 unspecified atom stereocenters. The lowest BCUT2D eigenvalue weighted by Crippen LogP contribution is -2.46. The molecule has 2 amide bonds. The number of nitrogens with zero attached hydrogens (tertiary/aromatic N) is 4. The number of piperidine rings is 1. The number of fused-ring (bicyclic) bond motifs is 1. The van der Waals surface area contributed by atoms with E-state index in [0.717, 1.165) is 41.3 Å². The fourth-order valence-corrected chi connectivity index (χ4v) is 5.05. The summed E-state index contributed by atoms with van der Waals surface area (Å²) in [4.78, 5) is 39.3. The van der Waals surface area contributed by atoms with Crippen LogP contribution in [0.25, 0.3) is 21.6 Å². The fraction of sp³-hybridized carbons (Fsp3) is 0.440. The highest BCUT2D eigenvalue weighted by Gasteiger charge is 2.24. The zero-order valence-corrected chi connectivity index (χ0v) is 20.5. The Balaban J connectivity index is 1.71. The highest BCUT2D eigenvalue weighted by atomic mass is 32.1. The van der Waals surface area contributed by atoms with Crippen molar-refractivity contribution in [1.29, 1.82) is 0 Å². The molecular weight excluding hydrogens is 434 g/mol. The molecule has 174 valence electrons. The van der Waals surface area contributed by atoms with Crippen molar-refractivity contribution in [3.63, 3.8) is 0 Å². The van der Waals surface area contributed by atoms with Gasteiger partial charge in [-0.05, 0) is 46.1 Å². The third kappa shape index (κ3) is 5.50. The van der Waals surface area contributed by atoms with E-state index in [1.807, 2.05) is 57.2 Å². The maximum Gasteiger partial charge on any atom is 0.255 e. The van der Waals surface area contributed by atoms with E-state index in [-0.39, 0.29) is 23.9 Å². The van der Waals surface area contributed by atoms with Crippen molar-refractivity contribution < 1.29 is 9.59 Å². The van der Waals surface area contributed by atoms with E-state index in [2.05, 4.69) is 10.2 Å². The molecule has 1 aliphatic heterocycles. The van der Waals surface area contributed by atoms with Crippen LogP contribution in [0.1, 0.15) is 50.4 Å². The summed E-state index contributed by atoms with van der Waals surface area (Å²) in [6.45, 7) is 7.70. The number of aromatic nitrogens is 2. The molecule has 0 atom stereocenters. The lowest BCUT2D eigenvalue weighted by atomic mass is 10.1. The van der Waals surface area contributed by atoms with Gasteiger partial charge in [0.25, 0.3) is 5.91 Å². The smallest absolute Gasteiger partial charge is 0.255 e. The topological polar surface area (TPSA) is 78.4 Å². The molecule has 33 heavy (non-hydrogen) atoms. The Bertz CT molecular complexity index is 1150. The van der Waals surface area contributed by atoms with Crippen LogP contribution in [-0.4, -0.2) is 58.9 Å². The predicted molar refractivity (Wildman–Crippen MR) is 134 cm³/mol. The number of hydrogen-bond donors (Lipinski definition) is 1. The van der Waals surface area contributed by atoms with Crippen LogP contribution in [0.2, 0.25) is 0 Å². The summed E-state index contributed by atoms with van der Waals surface area (Å²) >= 11 is 1.51. The Kier molecular flexibility index (Phi) is 6.65. The number of benzene rings is 1. The van der Waals surface area contributed by atoms with Gasteiger partial charge in [0.1, 0.15) is 0 Å². The first-order valence-corrected chi connectivity index (χ1v) is 12.2. The quantitative estimate of drug-likeness (QED) is 0.607. The Morgan fingerprint density at radius 2 is 1.79 bits per heavy atom. The standard InChI is InChI=1S/C25H31N5O2S/c1-25(2,3)28-20(31)16-29(4)23(32)18-15-19(17-11-7-5-8-12-17)26-22-21(18)33-24(27-22)30-13-9-6-10-14-30/h5,7-8,11-12,15H,6,9-10,13-14,16H2,1-4H3,(H,28,31). The molecule has 3 aromatic rings. The maximum absolute atomic E-state index is 13.5. The minimum Gasteiger partial charge on any atom is -0.350 e. The fourth-order valence-electron chi connectivity index (χ4n) is 3.99. The Morgan fingerprint density at radius 1 is 1.09 bits per heavy atom. The number of thiazole rings is 1. The van der Waals surface area contributed by atoms with Crippen LogP contribution in [0.15, 0.2) is 36.4 Å². The maximum atomic E-state index is 13.5. The van der Waals surface area contributed by atoms with Crippen LogP contribution in [0, 0.1) is 0 Å². The Hall–Kier alpha value is -3.00. The predicted octanol–water partition coefficient (Wildman–Crippen LogP) is 4.34. The molecule has 0 bridgehead atoms. The number of anilines is 1. The number of carbonyl (C=O) groups excluding carboxylic acids is 2. The monoisotopic (exact) mass is 465 g/mol. The zero-order valence-electron chi connectivity index (χ0n) is 19.7. The summed E-state index contributed by atoms with van der Waals surface area (Å²) in [5.74, 6) is -0.400. The van der Waals surface area contributed by atoms with Crippen molar-refractivity contribution in [3.05, 3.63) is 42.0 Å². The number of nitrogens with one attached hydrogen (secondary N) is 1. The van der Waals surface area contributed by atoms with Crippen LogP contribution in [-0.2, 0) is 4.79 Å². The van der Waals surface area contributed by atoms with E-state index in [1.165, 1.54) is 22.7 Å². The van der Waals surface area contributed by atoms with Gasteiger partial charge in [-0.25, -0.2) is 4.98 Å². The van der Waals surface area contributed by atoms with E-state index in [9.17, 15) is 9.59 Å². The highest BCUT2D eigenvalue weighted by molar-refractivity contribution is 7.22. The molecule has 1 N–H and O–H groups in total. The van der Waals surface area contributed by atoms with Crippen molar-refractivity contribution in [2.24, 2.45) is 0 Å². The largest absolute Gasteiger partial charge is 0.350 e. The van der Waals surface area contributed by atoms with Gasteiger partial charge in [0.2, 0.25) is 5.91 Å². The minimum atomic E-state index is -0.355. The van der Waals surface area contributed by atoms with Crippen LogP contribution < -0.4 is 10.2 Å². The summed E-state index contributed by atoms with van der Waals surface area (Å²) in [6, 6.07) is 11.6. The molecule has 4 rings (SSSR count). The minimum absolute atomic E-state index is 0.0155. The zero-order chi connectivity index (χ0) is 23.6. The number of carbonyl (C=O) groups is 2. The summed E-state index contributed by atoms with van der Waals surface area (Å²) in [7, 11) is 1.66. The highest BCUT2D eigenvalue weighted by Crippen LogP contribution is 2.34. The van der Waals surface area contributed by atoms with E-state index < -0.39 is 0 Å². The molecule has 8 heteroatoms. The third-order valence-electron chi connectivity index (χ3n) is 5.52. The van der Waals surface area contributed by atoms with Crippen LogP contribution >= 0.6 is 11.3 Å². The van der Waals surface area contributed by atoms with Gasteiger partial charge in [0.15, 0.2) is 10.8 Å². The summed E-state index contributed by atoms with van der Waals surface area (Å²) < 4.78 is 0.767. The average molecular weight is 466 g/mol. The van der Waals surface area contributed by atoms with Crippen LogP contribution in [0.5, 0.6) is 0 Å². The van der Waals surface area contributed by atoms with E-state index >= 15 is 0 Å². The van der Waals surface area contributed by atoms with Gasteiger partial charge in [-0.1, -0.05) is 41.7 Å². The second kappa shape index (κ2) is 9.47. The molecule has 0 radical (unpaired) electrons. The molecule has 0 aliphatic carbocycles. The first-order valence-electron chi connectivity index (χ1n) is 11.4. The lowest BCUT2D eigenvalue weighted by molar-refractivity contribution is -0.122. The van der Waals surface area contributed by atoms with Gasteiger partial charge >= 0.3 is 0 Å². The van der Waals surface area contributed by atoms with Crippen molar-refractivity contribution >= 4 is 38.6 Å². The number of pyridine rings is 1. The number of likely N-dealkylation sites (N-methyl/N-ethyl adjacent to an activating group) is 1. The van der Waals surface area contributed by atoms with Crippen LogP contribution in [0.3, 0.4) is 0 Å². The summed E-state index contributed by atoms with van der Waals surface area (Å²) in [5.41, 5.74) is 2.39. The second-order valence-electron chi connectivity index (χ2n) is 9.58. The number of amides is 2. The Labute approximate surface area is 198 Å². The van der Waals surface area contributed by atoms with E-state index in [1.54, 1.807) is 7.05 Å². The van der Waals surface area contributed by atoms with Gasteiger partial charge in [0.05, 0.1) is 22.5 Å². The molecule has 0 saturated carbocycles. The summed E-state index contributed by atoms with van der Waals surface area (Å²) in [5, 5.41) is 3.82. The number of hydrogen-bond acceptors (Lipinski definition) is 6. The van der Waals surface area contributed by atoms with Gasteiger partial charge in [-0.3, -0.25) is 9.59 Å². The molecule has 1 aliphatic rings. The first kappa shape index (κ1) is 23.2. The Morgan fingerprint density at radius 3 is 2.45 bits per heavy atom. The summed E-state index contributed by atoms with van der Waals surface area (Å²) in [6.07, 6.45) is 3.54. The average Bonchev–Trinajstić information content (AvgIpc) is 3.22. The molecule has 7 nitrogen and oxygen atoms in total. The van der Waals surface area contributed by atoms with E-state index in [4.69, 9.17) is 9.97 Å². The van der Waals surface area contributed by atoms with Gasteiger partial charge in [0, 0.05) is 31.2 Å². The second-order valence-corrected chi connectivity index (χ2v) is 10.6. The van der Waals surface area contributed by atoms with Crippen molar-refractivity contribution in [2.45, 2.75) is 45.6 Å². The SMILES string of the molecule is CN(CC(=O)NC(C)(C)C)C(=O)c1cc(-c2ccccc2)nc2nc(N3CCCCC3)sc12. The molecular formula is C25H31N5O2S. The molecule has 0 spiro atoms. The van der Waals surface area contributed by atoms with Gasteiger partial charge < -0.3 is 15.1 Å². The number of rotatable bonds is 5. The van der Waals surface area contributed by atoms with Crippen LogP contribution in [0.4, 0.5) is 5.13 Å². The first-order chi connectivity index (χ1) is 15.7. The van der Waals surface area contributed by atoms with Gasteiger partial charge in [-0.2, -0.15) is 4.98 Å². The lowest BCUT2D eigenvalue weighted by Gasteiger charge is -2.25. The van der Waals surface area contributed by atoms with Crippen molar-refractivity contribution in [3.8, 4) is 11.3 Å². The molecule has 2 aromatic heterocycles.